The van der Waals surface area contributed by atoms with E-state index in [4.69, 9.17) is 20.3 Å². The summed E-state index contributed by atoms with van der Waals surface area (Å²) in [6, 6.07) is 0.466. The Kier molecular flexibility index (Phi) is 5.98. The summed E-state index contributed by atoms with van der Waals surface area (Å²) in [4.78, 5) is 15.6. The molecule has 0 saturated carbocycles. The maximum absolute atomic E-state index is 12.4. The quantitative estimate of drug-likeness (QED) is 0.389. The molecule has 0 aromatic carbocycles. The lowest BCUT2D eigenvalue weighted by Gasteiger charge is -2.44. The van der Waals surface area contributed by atoms with Crippen LogP contribution in [-0.2, 0) is 9.53 Å². The van der Waals surface area contributed by atoms with Crippen LogP contribution in [0.1, 0.15) is 12.1 Å². The summed E-state index contributed by atoms with van der Waals surface area (Å²) in [5, 5.41) is 38.9. The molecule has 140 valence electrons. The topological polar surface area (TPSA) is 155 Å². The molecule has 1 fully saturated rings. The molecule has 0 radical (unpaired) electrons. The van der Waals surface area contributed by atoms with Gasteiger partial charge in [-0.05, 0) is 12.1 Å². The third kappa shape index (κ3) is 3.92. The molecule has 1 aliphatic heterocycles. The summed E-state index contributed by atoms with van der Waals surface area (Å²) >= 11 is 0. The van der Waals surface area contributed by atoms with Crippen molar-refractivity contribution >= 4 is 5.78 Å². The lowest BCUT2D eigenvalue weighted by Crippen LogP contribution is -2.71. The Balaban J connectivity index is 2.05. The van der Waals surface area contributed by atoms with E-state index in [1.807, 2.05) is 0 Å². The third-order valence-corrected chi connectivity index (χ3v) is 3.81. The zero-order chi connectivity index (χ0) is 18.8. The van der Waals surface area contributed by atoms with Gasteiger partial charge in [-0.3, -0.25) is 9.78 Å². The van der Waals surface area contributed by atoms with Crippen LogP contribution in [0.4, 0.5) is 8.78 Å². The number of hydrogen-bond acceptors (Lipinski definition) is 9. The average Bonchev–Trinajstić information content (AvgIpc) is 2.61. The Labute approximate surface area is 140 Å². The number of carbonyl (C=O) groups is 1. The molecule has 6 N–H and O–H groups in total. The molecular formula is C14H18F2N2O7. The van der Waals surface area contributed by atoms with Crippen LogP contribution < -0.4 is 10.5 Å². The first-order chi connectivity index (χ1) is 11.7. The van der Waals surface area contributed by atoms with Crippen molar-refractivity contribution in [2.24, 2.45) is 5.73 Å². The van der Waals surface area contributed by atoms with E-state index in [-0.39, 0.29) is 5.75 Å². The Morgan fingerprint density at radius 2 is 2.08 bits per heavy atom. The molecule has 0 amide bonds. The van der Waals surface area contributed by atoms with Crippen LogP contribution in [0.2, 0.25) is 0 Å². The average molecular weight is 364 g/mol. The predicted molar refractivity (Wildman–Crippen MR) is 76.6 cm³/mol. The van der Waals surface area contributed by atoms with Crippen LogP contribution in [0.5, 0.6) is 5.75 Å². The number of ketones is 1. The molecule has 2 rings (SSSR count). The van der Waals surface area contributed by atoms with Crippen LogP contribution in [-0.4, -0.2) is 74.5 Å². The minimum atomic E-state index is -2.76. The summed E-state index contributed by atoms with van der Waals surface area (Å²) in [7, 11) is 0. The standard InChI is InChI=1S/C14H18F2N2O7/c15-13(16)7-2-1-6(3-18-7)24-5-9(20)14(23)12(17)11(22)10(21)8(4-19)25-14/h1-3,8,10-13,19,21-23H,4-5,17H2/t8-,10-,11+,12-,14?/m1/s1. The second-order valence-electron chi connectivity index (χ2n) is 5.47. The first-order valence-corrected chi connectivity index (χ1v) is 7.23. The number of Topliss-reactive ketones (excluding diaryl/α,β-unsaturated/α-hetero) is 1. The van der Waals surface area contributed by atoms with E-state index in [1.54, 1.807) is 0 Å². The fourth-order valence-electron chi connectivity index (χ4n) is 2.30. The van der Waals surface area contributed by atoms with Gasteiger partial charge in [-0.15, -0.1) is 0 Å². The van der Waals surface area contributed by atoms with Gasteiger partial charge in [0.25, 0.3) is 6.43 Å². The van der Waals surface area contributed by atoms with Crippen LogP contribution >= 0.6 is 0 Å². The summed E-state index contributed by atoms with van der Waals surface area (Å²) in [6.07, 6.45) is -6.55. The maximum atomic E-state index is 12.4. The molecule has 0 spiro atoms. The van der Waals surface area contributed by atoms with Crippen molar-refractivity contribution in [1.29, 1.82) is 0 Å². The Bertz CT molecular complexity index is 601. The van der Waals surface area contributed by atoms with Crippen molar-refractivity contribution in [3.05, 3.63) is 24.0 Å². The van der Waals surface area contributed by atoms with Crippen LogP contribution in [0.25, 0.3) is 0 Å². The number of carbonyl (C=O) groups excluding carboxylic acids is 1. The molecular weight excluding hydrogens is 346 g/mol. The van der Waals surface area contributed by atoms with Gasteiger partial charge in [-0.25, -0.2) is 8.78 Å². The van der Waals surface area contributed by atoms with E-state index < -0.39 is 61.3 Å². The van der Waals surface area contributed by atoms with Gasteiger partial charge in [0, 0.05) is 0 Å². The molecule has 11 heteroatoms. The smallest absolute Gasteiger partial charge is 0.280 e. The number of alkyl halides is 2. The molecule has 9 nitrogen and oxygen atoms in total. The Morgan fingerprint density at radius 1 is 1.40 bits per heavy atom. The predicted octanol–water partition coefficient (Wildman–Crippen LogP) is -1.90. The Morgan fingerprint density at radius 3 is 2.60 bits per heavy atom. The van der Waals surface area contributed by atoms with Crippen LogP contribution in [0.15, 0.2) is 18.3 Å². The van der Waals surface area contributed by atoms with E-state index in [0.717, 1.165) is 18.3 Å². The van der Waals surface area contributed by atoms with Gasteiger partial charge in [0.2, 0.25) is 11.6 Å². The van der Waals surface area contributed by atoms with Crippen molar-refractivity contribution in [2.45, 2.75) is 36.6 Å². The molecule has 1 unspecified atom stereocenters. The number of nitrogens with two attached hydrogens (primary N) is 1. The normalized spacial score (nSPS) is 32.6. The summed E-state index contributed by atoms with van der Waals surface area (Å²) in [5.74, 6) is -3.82. The fourth-order valence-corrected chi connectivity index (χ4v) is 2.30. The number of aromatic nitrogens is 1. The Hall–Kier alpha value is -1.76. The number of aliphatic hydroxyl groups is 4. The summed E-state index contributed by atoms with van der Waals surface area (Å²) in [6.45, 7) is -1.55. The highest BCUT2D eigenvalue weighted by Gasteiger charge is 2.55. The number of pyridine rings is 1. The van der Waals surface area contributed by atoms with Crippen molar-refractivity contribution < 1.29 is 43.5 Å². The van der Waals surface area contributed by atoms with Crippen molar-refractivity contribution in [2.75, 3.05) is 13.2 Å². The third-order valence-electron chi connectivity index (χ3n) is 3.81. The minimum Gasteiger partial charge on any atom is -0.484 e. The number of nitrogens with zero attached hydrogens (tertiary/aromatic N) is 1. The largest absolute Gasteiger partial charge is 0.484 e. The van der Waals surface area contributed by atoms with Crippen molar-refractivity contribution in [1.82, 2.24) is 4.98 Å². The number of ether oxygens (including phenoxy) is 2. The molecule has 1 aliphatic rings. The minimum absolute atomic E-state index is 0.0231. The molecule has 0 aliphatic carbocycles. The van der Waals surface area contributed by atoms with Gasteiger partial charge < -0.3 is 35.6 Å². The molecule has 1 aromatic rings. The zero-order valence-corrected chi connectivity index (χ0v) is 12.8. The molecule has 25 heavy (non-hydrogen) atoms. The molecule has 5 atom stereocenters. The number of halogens is 2. The first-order valence-electron chi connectivity index (χ1n) is 7.23. The highest BCUT2D eigenvalue weighted by molar-refractivity contribution is 5.88. The van der Waals surface area contributed by atoms with E-state index in [9.17, 15) is 28.9 Å². The second kappa shape index (κ2) is 7.64. The second-order valence-corrected chi connectivity index (χ2v) is 5.47. The van der Waals surface area contributed by atoms with Crippen molar-refractivity contribution in [3.8, 4) is 5.75 Å². The van der Waals surface area contributed by atoms with Crippen LogP contribution in [0, 0.1) is 0 Å². The van der Waals surface area contributed by atoms with E-state index in [1.165, 1.54) is 0 Å². The van der Waals surface area contributed by atoms with Crippen molar-refractivity contribution in [3.63, 3.8) is 0 Å². The van der Waals surface area contributed by atoms with Gasteiger partial charge >= 0.3 is 0 Å². The number of hydrogen-bond donors (Lipinski definition) is 5. The number of rotatable bonds is 6. The van der Waals surface area contributed by atoms with Crippen LogP contribution in [0.3, 0.4) is 0 Å². The van der Waals surface area contributed by atoms with Gasteiger partial charge in [-0.1, -0.05) is 0 Å². The highest BCUT2D eigenvalue weighted by atomic mass is 19.3. The lowest BCUT2D eigenvalue weighted by atomic mass is 9.88. The number of aliphatic hydroxyl groups excluding tert-OH is 3. The van der Waals surface area contributed by atoms with Gasteiger partial charge in [0.15, 0.2) is 6.61 Å². The van der Waals surface area contributed by atoms with E-state index in [2.05, 4.69) is 4.98 Å². The monoisotopic (exact) mass is 364 g/mol. The maximum Gasteiger partial charge on any atom is 0.280 e. The van der Waals surface area contributed by atoms with E-state index in [0.29, 0.717) is 0 Å². The lowest BCUT2D eigenvalue weighted by molar-refractivity contribution is -0.298. The molecule has 1 aromatic heterocycles. The van der Waals surface area contributed by atoms with Gasteiger partial charge in [0.05, 0.1) is 18.8 Å². The summed E-state index contributed by atoms with van der Waals surface area (Å²) in [5.41, 5.74) is 5.07. The SMILES string of the molecule is N[C@@H]1[C@@H](O)[C@H](O)[C@@H](CO)OC1(O)C(=O)COc1ccc(C(F)F)nc1. The molecule has 1 saturated heterocycles. The molecule has 0 bridgehead atoms. The first kappa shape index (κ1) is 19.6. The molecule has 2 heterocycles. The highest BCUT2D eigenvalue weighted by Crippen LogP contribution is 2.28. The fraction of sp³-hybridized carbons (Fsp3) is 0.571. The van der Waals surface area contributed by atoms with Gasteiger partial charge in [-0.2, -0.15) is 0 Å². The zero-order valence-electron chi connectivity index (χ0n) is 12.8. The van der Waals surface area contributed by atoms with E-state index >= 15 is 0 Å². The van der Waals surface area contributed by atoms with Gasteiger partial charge in [0.1, 0.15) is 29.8 Å². The summed E-state index contributed by atoms with van der Waals surface area (Å²) < 4.78 is 34.8.